The van der Waals surface area contributed by atoms with Crippen molar-refractivity contribution in [2.75, 3.05) is 6.54 Å². The van der Waals surface area contributed by atoms with Gasteiger partial charge in [-0.3, -0.25) is 14.9 Å². The van der Waals surface area contributed by atoms with Gasteiger partial charge in [-0.2, -0.15) is 0 Å². The van der Waals surface area contributed by atoms with E-state index < -0.39 is 5.91 Å². The predicted octanol–water partition coefficient (Wildman–Crippen LogP) is 2.86. The van der Waals surface area contributed by atoms with Gasteiger partial charge in [0, 0.05) is 12.0 Å². The fraction of sp³-hybridized carbons (Fsp3) is 0.222. The minimum absolute atomic E-state index is 0.284. The zero-order chi connectivity index (χ0) is 16.5. The van der Waals surface area contributed by atoms with Crippen molar-refractivity contribution in [3.63, 3.8) is 0 Å². The normalized spacial score (nSPS) is 10.1. The molecule has 23 heavy (non-hydrogen) atoms. The molecule has 2 rings (SSSR count). The number of hydrogen-bond acceptors (Lipinski definition) is 4. The molecule has 0 aliphatic carbocycles. The van der Waals surface area contributed by atoms with E-state index in [1.54, 1.807) is 24.3 Å². The quantitative estimate of drug-likeness (QED) is 0.770. The minimum atomic E-state index is -0.408. The van der Waals surface area contributed by atoms with Crippen LogP contribution in [-0.2, 0) is 4.79 Å². The lowest BCUT2D eigenvalue weighted by atomic mass is 10.2. The van der Waals surface area contributed by atoms with Crippen LogP contribution in [0.4, 0.5) is 0 Å². The van der Waals surface area contributed by atoms with Gasteiger partial charge in [-0.25, -0.2) is 0 Å². The van der Waals surface area contributed by atoms with Crippen LogP contribution in [0, 0.1) is 0 Å². The molecule has 0 heterocycles. The van der Waals surface area contributed by atoms with E-state index >= 15 is 0 Å². The molecule has 5 nitrogen and oxygen atoms in total. The lowest BCUT2D eigenvalue weighted by molar-refractivity contribution is -0.120. The fourth-order valence-corrected chi connectivity index (χ4v) is 1.99. The highest BCUT2D eigenvalue weighted by Gasteiger charge is 2.10. The number of nitrogens with two attached hydrogens (primary N) is 1. The first-order valence-corrected chi connectivity index (χ1v) is 7.56. The SMILES string of the molecule is NCCCCC(=O)NC(=O)c1ccc(Oc2ccccc2)cc1. The summed E-state index contributed by atoms with van der Waals surface area (Å²) < 4.78 is 5.65. The van der Waals surface area contributed by atoms with Crippen molar-refractivity contribution >= 4 is 11.8 Å². The van der Waals surface area contributed by atoms with E-state index in [0.29, 0.717) is 30.7 Å². The van der Waals surface area contributed by atoms with Gasteiger partial charge in [0.1, 0.15) is 11.5 Å². The number of unbranched alkanes of at least 4 members (excludes halogenated alkanes) is 1. The molecule has 2 amide bonds. The molecule has 0 aliphatic heterocycles. The molecule has 0 spiro atoms. The zero-order valence-electron chi connectivity index (χ0n) is 12.8. The lowest BCUT2D eigenvalue weighted by Gasteiger charge is -2.07. The van der Waals surface area contributed by atoms with Gasteiger partial charge in [0.2, 0.25) is 5.91 Å². The number of hydrogen-bond donors (Lipinski definition) is 2. The first-order valence-electron chi connectivity index (χ1n) is 7.56. The highest BCUT2D eigenvalue weighted by atomic mass is 16.5. The van der Waals surface area contributed by atoms with Crippen LogP contribution in [0.5, 0.6) is 11.5 Å². The highest BCUT2D eigenvalue weighted by Crippen LogP contribution is 2.21. The van der Waals surface area contributed by atoms with Gasteiger partial charge in [-0.1, -0.05) is 18.2 Å². The van der Waals surface area contributed by atoms with Crippen LogP contribution in [-0.4, -0.2) is 18.4 Å². The minimum Gasteiger partial charge on any atom is -0.457 e. The van der Waals surface area contributed by atoms with E-state index in [1.807, 2.05) is 30.3 Å². The molecular weight excluding hydrogens is 292 g/mol. The van der Waals surface area contributed by atoms with E-state index in [0.717, 1.165) is 12.2 Å². The maximum Gasteiger partial charge on any atom is 0.257 e. The smallest absolute Gasteiger partial charge is 0.257 e. The Morgan fingerprint density at radius 2 is 1.57 bits per heavy atom. The van der Waals surface area contributed by atoms with Crippen molar-refractivity contribution in [2.24, 2.45) is 5.73 Å². The Morgan fingerprint density at radius 3 is 2.22 bits per heavy atom. The van der Waals surface area contributed by atoms with Crippen molar-refractivity contribution in [3.05, 3.63) is 60.2 Å². The third-order valence-corrected chi connectivity index (χ3v) is 3.21. The molecule has 120 valence electrons. The summed E-state index contributed by atoms with van der Waals surface area (Å²) in [7, 11) is 0. The number of amides is 2. The summed E-state index contributed by atoms with van der Waals surface area (Å²) in [5.41, 5.74) is 5.78. The maximum atomic E-state index is 12.0. The summed E-state index contributed by atoms with van der Waals surface area (Å²) >= 11 is 0. The van der Waals surface area contributed by atoms with Gasteiger partial charge >= 0.3 is 0 Å². The molecule has 0 fully saturated rings. The molecule has 0 aromatic heterocycles. The number of para-hydroxylation sites is 1. The summed E-state index contributed by atoms with van der Waals surface area (Å²) in [4.78, 5) is 23.6. The lowest BCUT2D eigenvalue weighted by Crippen LogP contribution is -2.30. The molecule has 0 unspecified atom stereocenters. The number of imide groups is 1. The van der Waals surface area contributed by atoms with Crippen LogP contribution < -0.4 is 15.8 Å². The Labute approximate surface area is 135 Å². The Hall–Kier alpha value is -2.66. The van der Waals surface area contributed by atoms with Crippen LogP contribution >= 0.6 is 0 Å². The highest BCUT2D eigenvalue weighted by molar-refractivity contribution is 6.04. The van der Waals surface area contributed by atoms with Crippen molar-refractivity contribution in [1.29, 1.82) is 0 Å². The molecular formula is C18H20N2O3. The van der Waals surface area contributed by atoms with E-state index in [-0.39, 0.29) is 5.91 Å². The second-order valence-corrected chi connectivity index (χ2v) is 5.06. The Balaban J connectivity index is 1.88. The third kappa shape index (κ3) is 5.56. The molecule has 0 saturated carbocycles. The summed E-state index contributed by atoms with van der Waals surface area (Å²) in [6.07, 6.45) is 1.75. The summed E-state index contributed by atoms with van der Waals surface area (Å²) in [6, 6.07) is 16.0. The summed E-state index contributed by atoms with van der Waals surface area (Å²) in [5.74, 6) is 0.656. The van der Waals surface area contributed by atoms with E-state index in [4.69, 9.17) is 10.5 Å². The number of rotatable bonds is 7. The van der Waals surface area contributed by atoms with E-state index in [9.17, 15) is 9.59 Å². The molecule has 0 radical (unpaired) electrons. The second-order valence-electron chi connectivity index (χ2n) is 5.06. The Morgan fingerprint density at radius 1 is 0.913 bits per heavy atom. The number of benzene rings is 2. The predicted molar refractivity (Wildman–Crippen MR) is 88.3 cm³/mol. The molecule has 2 aromatic carbocycles. The largest absolute Gasteiger partial charge is 0.457 e. The monoisotopic (exact) mass is 312 g/mol. The average Bonchev–Trinajstić information content (AvgIpc) is 2.56. The van der Waals surface area contributed by atoms with Gasteiger partial charge in [0.25, 0.3) is 5.91 Å². The van der Waals surface area contributed by atoms with Gasteiger partial charge in [-0.05, 0) is 55.8 Å². The van der Waals surface area contributed by atoms with Crippen LogP contribution in [0.1, 0.15) is 29.6 Å². The van der Waals surface area contributed by atoms with Gasteiger partial charge in [0.15, 0.2) is 0 Å². The number of ether oxygens (including phenoxy) is 1. The van der Waals surface area contributed by atoms with E-state index in [1.165, 1.54) is 0 Å². The van der Waals surface area contributed by atoms with Crippen molar-refractivity contribution in [2.45, 2.75) is 19.3 Å². The van der Waals surface area contributed by atoms with Crippen LogP contribution in [0.2, 0.25) is 0 Å². The Kier molecular flexibility index (Phi) is 6.32. The fourth-order valence-electron chi connectivity index (χ4n) is 1.99. The topological polar surface area (TPSA) is 81.4 Å². The van der Waals surface area contributed by atoms with Crippen LogP contribution in [0.15, 0.2) is 54.6 Å². The molecule has 0 atom stereocenters. The standard InChI is InChI=1S/C18H20N2O3/c19-13-5-4-8-17(21)20-18(22)14-9-11-16(12-10-14)23-15-6-2-1-3-7-15/h1-3,6-7,9-12H,4-5,8,13,19H2,(H,20,21,22). The van der Waals surface area contributed by atoms with Gasteiger partial charge in [0.05, 0.1) is 0 Å². The first kappa shape index (κ1) is 16.7. The molecule has 3 N–H and O–H groups in total. The maximum absolute atomic E-state index is 12.0. The molecule has 0 saturated heterocycles. The van der Waals surface area contributed by atoms with Crippen molar-refractivity contribution in [3.8, 4) is 11.5 Å². The summed E-state index contributed by atoms with van der Waals surface area (Å²) in [6.45, 7) is 0.546. The molecule has 5 heteroatoms. The third-order valence-electron chi connectivity index (χ3n) is 3.21. The molecule has 0 bridgehead atoms. The number of carbonyl (C=O) groups is 2. The average molecular weight is 312 g/mol. The van der Waals surface area contributed by atoms with Gasteiger partial charge in [-0.15, -0.1) is 0 Å². The zero-order valence-corrected chi connectivity index (χ0v) is 12.8. The van der Waals surface area contributed by atoms with Gasteiger partial charge < -0.3 is 10.5 Å². The van der Waals surface area contributed by atoms with Crippen LogP contribution in [0.3, 0.4) is 0 Å². The first-order chi connectivity index (χ1) is 11.2. The molecule has 0 aliphatic rings. The van der Waals surface area contributed by atoms with Crippen molar-refractivity contribution < 1.29 is 14.3 Å². The number of nitrogens with one attached hydrogen (secondary N) is 1. The van der Waals surface area contributed by atoms with Crippen LogP contribution in [0.25, 0.3) is 0 Å². The van der Waals surface area contributed by atoms with Crippen molar-refractivity contribution in [1.82, 2.24) is 5.32 Å². The Bertz CT molecular complexity index is 639. The molecule has 2 aromatic rings. The number of carbonyl (C=O) groups excluding carboxylic acids is 2. The van der Waals surface area contributed by atoms with E-state index in [2.05, 4.69) is 5.32 Å². The summed E-state index contributed by atoms with van der Waals surface area (Å²) in [5, 5.41) is 2.36. The second kappa shape index (κ2) is 8.70.